The Labute approximate surface area is 169 Å². The van der Waals surface area contributed by atoms with Gasteiger partial charge in [0.2, 0.25) is 23.6 Å². The Hall–Kier alpha value is -2.77. The van der Waals surface area contributed by atoms with Gasteiger partial charge in [0.15, 0.2) is 0 Å². The number of fused-ring (bicyclic) bond motifs is 1. The molecule has 1 aliphatic carbocycles. The van der Waals surface area contributed by atoms with E-state index in [-0.39, 0.29) is 47.9 Å². The topological polar surface area (TPSA) is 99.7 Å². The maximum absolute atomic E-state index is 12.7. The summed E-state index contributed by atoms with van der Waals surface area (Å²) >= 11 is 0. The highest BCUT2D eigenvalue weighted by Gasteiger charge is 2.48. The molecule has 29 heavy (non-hydrogen) atoms. The van der Waals surface area contributed by atoms with Gasteiger partial charge in [-0.05, 0) is 37.8 Å². The molecule has 3 aliphatic rings. The molecule has 4 rings (SSSR count). The number of pyridine rings is 1. The molecule has 1 saturated carbocycles. The summed E-state index contributed by atoms with van der Waals surface area (Å²) in [5.74, 6) is -0.799. The number of nitrogens with one attached hydrogen (secondary N) is 1. The lowest BCUT2D eigenvalue weighted by atomic mass is 9.81. The van der Waals surface area contributed by atoms with Crippen molar-refractivity contribution in [1.82, 2.24) is 14.8 Å². The zero-order chi connectivity index (χ0) is 20.4. The Morgan fingerprint density at radius 2 is 1.66 bits per heavy atom. The van der Waals surface area contributed by atoms with E-state index in [0.29, 0.717) is 31.7 Å². The molecular formula is C21H26N4O4. The van der Waals surface area contributed by atoms with Crippen LogP contribution in [0.5, 0.6) is 0 Å². The number of rotatable bonds is 4. The van der Waals surface area contributed by atoms with Crippen LogP contribution in [0.3, 0.4) is 0 Å². The first kappa shape index (κ1) is 19.5. The third kappa shape index (κ3) is 4.02. The third-order valence-electron chi connectivity index (χ3n) is 6.36. The molecule has 0 spiro atoms. The summed E-state index contributed by atoms with van der Waals surface area (Å²) in [6.45, 7) is 0.722. The molecule has 0 unspecified atom stereocenters. The minimum Gasteiger partial charge on any atom is -0.341 e. The largest absolute Gasteiger partial charge is 0.341 e. The van der Waals surface area contributed by atoms with Gasteiger partial charge in [-0.3, -0.25) is 24.1 Å². The van der Waals surface area contributed by atoms with Crippen LogP contribution in [-0.2, 0) is 19.2 Å². The second-order valence-electron chi connectivity index (χ2n) is 8.12. The molecule has 0 radical (unpaired) electrons. The SMILES string of the molecule is O=C(Nc1ccccn1)C1CCN(C(=O)CN2C(=O)[C@H]3CCCC[C@H]3C2=O)CC1. The average molecular weight is 398 g/mol. The molecule has 154 valence electrons. The summed E-state index contributed by atoms with van der Waals surface area (Å²) in [7, 11) is 0. The smallest absolute Gasteiger partial charge is 0.242 e. The second kappa shape index (κ2) is 8.31. The van der Waals surface area contributed by atoms with Gasteiger partial charge in [-0.2, -0.15) is 0 Å². The summed E-state index contributed by atoms with van der Waals surface area (Å²) in [5.41, 5.74) is 0. The lowest BCUT2D eigenvalue weighted by Gasteiger charge is -2.32. The van der Waals surface area contributed by atoms with E-state index in [1.807, 2.05) is 0 Å². The normalized spacial score (nSPS) is 25.1. The number of piperidine rings is 1. The van der Waals surface area contributed by atoms with Crippen molar-refractivity contribution < 1.29 is 19.2 Å². The van der Waals surface area contributed by atoms with Crippen LogP contribution in [0.2, 0.25) is 0 Å². The fourth-order valence-electron chi connectivity index (χ4n) is 4.68. The number of carbonyl (C=O) groups excluding carboxylic acids is 4. The van der Waals surface area contributed by atoms with Crippen LogP contribution >= 0.6 is 0 Å². The molecular weight excluding hydrogens is 372 g/mol. The van der Waals surface area contributed by atoms with Crippen molar-refractivity contribution in [2.24, 2.45) is 17.8 Å². The van der Waals surface area contributed by atoms with Crippen LogP contribution in [0.1, 0.15) is 38.5 Å². The van der Waals surface area contributed by atoms with E-state index in [9.17, 15) is 19.2 Å². The summed E-state index contributed by atoms with van der Waals surface area (Å²) < 4.78 is 0. The van der Waals surface area contributed by atoms with Gasteiger partial charge in [-0.15, -0.1) is 0 Å². The third-order valence-corrected chi connectivity index (χ3v) is 6.36. The van der Waals surface area contributed by atoms with Crippen molar-refractivity contribution in [2.45, 2.75) is 38.5 Å². The highest BCUT2D eigenvalue weighted by atomic mass is 16.2. The van der Waals surface area contributed by atoms with Crippen molar-refractivity contribution in [3.05, 3.63) is 24.4 Å². The summed E-state index contributed by atoms with van der Waals surface area (Å²) in [6.07, 6.45) is 6.16. The lowest BCUT2D eigenvalue weighted by Crippen LogP contribution is -2.47. The van der Waals surface area contributed by atoms with E-state index in [2.05, 4.69) is 10.3 Å². The number of hydrogen-bond acceptors (Lipinski definition) is 5. The molecule has 3 heterocycles. The van der Waals surface area contributed by atoms with E-state index < -0.39 is 0 Å². The zero-order valence-corrected chi connectivity index (χ0v) is 16.4. The van der Waals surface area contributed by atoms with Crippen LogP contribution in [-0.4, -0.2) is 58.0 Å². The Morgan fingerprint density at radius 1 is 1.00 bits per heavy atom. The van der Waals surface area contributed by atoms with E-state index in [4.69, 9.17) is 0 Å². The van der Waals surface area contributed by atoms with Crippen LogP contribution in [0.15, 0.2) is 24.4 Å². The number of amides is 4. The van der Waals surface area contributed by atoms with Crippen LogP contribution in [0.25, 0.3) is 0 Å². The molecule has 1 N–H and O–H groups in total. The molecule has 1 aromatic heterocycles. The Kier molecular flexibility index (Phi) is 5.60. The molecule has 8 heteroatoms. The van der Waals surface area contributed by atoms with Crippen molar-refractivity contribution in [1.29, 1.82) is 0 Å². The van der Waals surface area contributed by atoms with Gasteiger partial charge in [0, 0.05) is 25.2 Å². The Bertz CT molecular complexity index is 780. The molecule has 2 aliphatic heterocycles. The highest BCUT2D eigenvalue weighted by Crippen LogP contribution is 2.38. The van der Waals surface area contributed by atoms with E-state index in [1.54, 1.807) is 29.3 Å². The Morgan fingerprint density at radius 3 is 2.24 bits per heavy atom. The monoisotopic (exact) mass is 398 g/mol. The molecule has 2 saturated heterocycles. The van der Waals surface area contributed by atoms with Gasteiger partial charge in [-0.25, -0.2) is 4.98 Å². The number of nitrogens with zero attached hydrogens (tertiary/aromatic N) is 3. The van der Waals surface area contributed by atoms with E-state index >= 15 is 0 Å². The molecule has 8 nitrogen and oxygen atoms in total. The number of aromatic nitrogens is 1. The van der Waals surface area contributed by atoms with Crippen molar-refractivity contribution in [3.8, 4) is 0 Å². The van der Waals surface area contributed by atoms with Gasteiger partial charge in [-0.1, -0.05) is 18.9 Å². The lowest BCUT2D eigenvalue weighted by molar-refractivity contribution is -0.147. The molecule has 0 aromatic carbocycles. The predicted octanol–water partition coefficient (Wildman–Crippen LogP) is 1.43. The van der Waals surface area contributed by atoms with Crippen molar-refractivity contribution in [2.75, 3.05) is 25.0 Å². The first-order chi connectivity index (χ1) is 14.0. The van der Waals surface area contributed by atoms with Crippen LogP contribution in [0, 0.1) is 17.8 Å². The fraction of sp³-hybridized carbons (Fsp3) is 0.571. The standard InChI is InChI=1S/C21H26N4O4/c26-18(13-25-20(28)15-5-1-2-6-16(15)21(25)29)24-11-8-14(9-12-24)19(27)23-17-7-3-4-10-22-17/h3-4,7,10,14-16H,1-2,5-6,8-9,11-13H2,(H,22,23,27)/t15-,16+. The van der Waals surface area contributed by atoms with Gasteiger partial charge >= 0.3 is 0 Å². The molecule has 3 fully saturated rings. The second-order valence-corrected chi connectivity index (χ2v) is 8.12. The van der Waals surface area contributed by atoms with Gasteiger partial charge in [0.1, 0.15) is 12.4 Å². The maximum Gasteiger partial charge on any atom is 0.242 e. The number of imide groups is 1. The number of anilines is 1. The average Bonchev–Trinajstić information content (AvgIpc) is 2.99. The zero-order valence-electron chi connectivity index (χ0n) is 16.4. The van der Waals surface area contributed by atoms with E-state index in [0.717, 1.165) is 25.7 Å². The summed E-state index contributed by atoms with van der Waals surface area (Å²) in [6, 6.07) is 5.32. The molecule has 0 bridgehead atoms. The van der Waals surface area contributed by atoms with Gasteiger partial charge in [0.05, 0.1) is 11.8 Å². The number of likely N-dealkylation sites (tertiary alicyclic amines) is 2. The number of carbonyl (C=O) groups is 4. The number of hydrogen-bond donors (Lipinski definition) is 1. The van der Waals surface area contributed by atoms with Crippen molar-refractivity contribution >= 4 is 29.4 Å². The molecule has 4 amide bonds. The molecule has 1 aromatic rings. The highest BCUT2D eigenvalue weighted by molar-refractivity contribution is 6.07. The predicted molar refractivity (Wildman–Crippen MR) is 104 cm³/mol. The minimum atomic E-state index is -0.231. The molecule has 2 atom stereocenters. The minimum absolute atomic E-state index is 0.0928. The van der Waals surface area contributed by atoms with Gasteiger partial charge < -0.3 is 10.2 Å². The van der Waals surface area contributed by atoms with Crippen LogP contribution in [0.4, 0.5) is 5.82 Å². The Balaban J connectivity index is 1.28. The first-order valence-electron chi connectivity index (χ1n) is 10.4. The summed E-state index contributed by atoms with van der Waals surface area (Å²) in [4.78, 5) is 57.1. The fourth-order valence-corrected chi connectivity index (χ4v) is 4.68. The van der Waals surface area contributed by atoms with Crippen LogP contribution < -0.4 is 5.32 Å². The van der Waals surface area contributed by atoms with E-state index in [1.165, 1.54) is 4.90 Å². The maximum atomic E-state index is 12.7. The quantitative estimate of drug-likeness (QED) is 0.774. The first-order valence-corrected chi connectivity index (χ1v) is 10.4. The summed E-state index contributed by atoms with van der Waals surface area (Å²) in [5, 5.41) is 2.80. The van der Waals surface area contributed by atoms with Crippen molar-refractivity contribution in [3.63, 3.8) is 0 Å². The van der Waals surface area contributed by atoms with Gasteiger partial charge in [0.25, 0.3) is 0 Å².